The van der Waals surface area contributed by atoms with Crippen LogP contribution in [0.3, 0.4) is 0 Å². The van der Waals surface area contributed by atoms with E-state index in [4.69, 9.17) is 0 Å². The van der Waals surface area contributed by atoms with Crippen molar-refractivity contribution in [1.82, 2.24) is 0 Å². The Morgan fingerprint density at radius 2 is 1.20 bits per heavy atom. The highest BCUT2D eigenvalue weighted by Crippen LogP contribution is 2.44. The number of hydrogen-bond acceptors (Lipinski definition) is 2. The predicted octanol–water partition coefficient (Wildman–Crippen LogP) is 7.41. The Labute approximate surface area is 307 Å². The number of anilines is 3. The van der Waals surface area contributed by atoms with E-state index in [1.165, 1.54) is 86.2 Å². The van der Waals surface area contributed by atoms with Gasteiger partial charge in [0.1, 0.15) is 0 Å². The lowest BCUT2D eigenvalue weighted by molar-refractivity contribution is 0.590. The van der Waals surface area contributed by atoms with E-state index in [-0.39, 0.29) is 12.1 Å². The fraction of sp³-hybridized carbons (Fsp3) is 0.106. The molecule has 7 aromatic carbocycles. The minimum absolute atomic E-state index is 0.0520. The molecule has 0 fully saturated rings. The molecule has 0 aliphatic carbocycles. The van der Waals surface area contributed by atoms with Crippen molar-refractivity contribution >= 4 is 80.7 Å². The highest BCUT2D eigenvalue weighted by molar-refractivity contribution is 8.00. The van der Waals surface area contributed by atoms with Crippen LogP contribution in [0, 0.1) is 6.92 Å². The van der Waals surface area contributed by atoms with Crippen molar-refractivity contribution in [2.24, 2.45) is 0 Å². The van der Waals surface area contributed by atoms with E-state index >= 15 is 0 Å². The lowest BCUT2D eigenvalue weighted by Crippen LogP contribution is -2.73. The molecule has 0 radical (unpaired) electrons. The van der Waals surface area contributed by atoms with Gasteiger partial charge < -0.3 is 4.90 Å². The first-order valence-corrected chi connectivity index (χ1v) is 20.9. The van der Waals surface area contributed by atoms with Crippen molar-refractivity contribution in [2.75, 3.05) is 4.90 Å². The molecule has 1 nitrogen and oxygen atoms in total. The van der Waals surface area contributed by atoms with E-state index in [1.54, 1.807) is 0 Å². The third-order valence-electron chi connectivity index (χ3n) is 11.5. The second-order valence-electron chi connectivity index (χ2n) is 15.3. The van der Waals surface area contributed by atoms with Gasteiger partial charge in [-0.3, -0.25) is 0 Å². The third kappa shape index (κ3) is 4.36. The smallest absolute Gasteiger partial charge is 0.249 e. The standard InChI is InChI=1S/C47H38BNSSi/c1-31-24-26-42-45-46(31)49(33-16-8-5-9-17-33)40-30-44-37(29-38(40)48(45)39-28-32(47(2,3)4)25-27-41(39)50-42)36-22-14-15-23-43(36)51(44,34-18-10-6-11-19-34)35-20-12-7-13-21-35/h5-30H,1-4H3. The number of nitrogens with zero attached hydrogens (tertiary/aromatic N) is 1. The van der Waals surface area contributed by atoms with Crippen LogP contribution >= 0.6 is 11.8 Å². The van der Waals surface area contributed by atoms with Crippen LogP contribution in [0.2, 0.25) is 0 Å². The summed E-state index contributed by atoms with van der Waals surface area (Å²) in [6.07, 6.45) is 0. The lowest BCUT2D eigenvalue weighted by Gasteiger charge is -2.42. The average Bonchev–Trinajstić information content (AvgIpc) is 3.45. The molecule has 244 valence electrons. The van der Waals surface area contributed by atoms with Crippen LogP contribution in [0.5, 0.6) is 0 Å². The predicted molar refractivity (Wildman–Crippen MR) is 222 cm³/mol. The number of rotatable bonds is 3. The maximum absolute atomic E-state index is 2.69. The molecule has 10 rings (SSSR count). The van der Waals surface area contributed by atoms with Crippen molar-refractivity contribution in [3.8, 4) is 11.1 Å². The Hall–Kier alpha value is -5.03. The minimum Gasteiger partial charge on any atom is -0.311 e. The molecule has 0 atom stereocenters. The monoisotopic (exact) mass is 687 g/mol. The van der Waals surface area contributed by atoms with E-state index in [2.05, 4.69) is 190 Å². The maximum Gasteiger partial charge on any atom is 0.249 e. The van der Waals surface area contributed by atoms with Gasteiger partial charge in [0.2, 0.25) is 6.71 Å². The van der Waals surface area contributed by atoms with Crippen LogP contribution in [0.1, 0.15) is 31.9 Å². The highest BCUT2D eigenvalue weighted by Gasteiger charge is 2.51. The van der Waals surface area contributed by atoms with Gasteiger partial charge in [-0.15, -0.1) is 0 Å². The molecule has 3 aliphatic heterocycles. The van der Waals surface area contributed by atoms with Crippen LogP contribution < -0.4 is 42.0 Å². The van der Waals surface area contributed by atoms with Gasteiger partial charge >= 0.3 is 0 Å². The third-order valence-corrected chi connectivity index (χ3v) is 17.5. The topological polar surface area (TPSA) is 3.24 Å². The first kappa shape index (κ1) is 30.8. The van der Waals surface area contributed by atoms with Crippen LogP contribution in [-0.4, -0.2) is 14.8 Å². The Kier molecular flexibility index (Phi) is 6.78. The largest absolute Gasteiger partial charge is 0.311 e. The van der Waals surface area contributed by atoms with Crippen molar-refractivity contribution in [2.45, 2.75) is 42.9 Å². The fourth-order valence-electron chi connectivity index (χ4n) is 9.18. The molecule has 0 saturated heterocycles. The van der Waals surface area contributed by atoms with Crippen molar-refractivity contribution in [3.05, 3.63) is 169 Å². The molecule has 3 heterocycles. The molecule has 0 bridgehead atoms. The SMILES string of the molecule is Cc1ccc2c3c1N(c1ccccc1)c1cc4c(cc1B3c1cc(C(C)(C)C)ccc1S2)-c1ccccc1[Si]4(c1ccccc1)c1ccccc1. The molecule has 51 heavy (non-hydrogen) atoms. The average molecular weight is 688 g/mol. The molecule has 7 aromatic rings. The van der Waals surface area contributed by atoms with Crippen molar-refractivity contribution in [1.29, 1.82) is 0 Å². The summed E-state index contributed by atoms with van der Waals surface area (Å²) in [6, 6.07) is 60.3. The van der Waals surface area contributed by atoms with Gasteiger partial charge in [0.15, 0.2) is 8.07 Å². The summed E-state index contributed by atoms with van der Waals surface area (Å²) in [5.74, 6) is 0. The summed E-state index contributed by atoms with van der Waals surface area (Å²) in [7, 11) is -2.69. The molecule has 0 saturated carbocycles. The van der Waals surface area contributed by atoms with Gasteiger partial charge in [0.25, 0.3) is 0 Å². The van der Waals surface area contributed by atoms with E-state index in [1.807, 2.05) is 11.8 Å². The molecular formula is C47H38BNSSi. The Morgan fingerprint density at radius 1 is 0.569 bits per heavy atom. The van der Waals surface area contributed by atoms with E-state index in [9.17, 15) is 0 Å². The number of para-hydroxylation sites is 1. The molecule has 3 aliphatic rings. The summed E-state index contributed by atoms with van der Waals surface area (Å²) >= 11 is 1.94. The molecule has 0 unspecified atom stereocenters. The Bertz CT molecular complexity index is 2470. The van der Waals surface area contributed by atoms with Crippen LogP contribution in [0.25, 0.3) is 11.1 Å². The minimum atomic E-state index is -2.69. The van der Waals surface area contributed by atoms with E-state index in [0.29, 0.717) is 0 Å². The normalized spacial score (nSPS) is 14.7. The lowest BCUT2D eigenvalue weighted by atomic mass is 9.34. The summed E-state index contributed by atoms with van der Waals surface area (Å²) in [6.45, 7) is 9.44. The Morgan fingerprint density at radius 3 is 1.88 bits per heavy atom. The number of hydrogen-bond donors (Lipinski definition) is 0. The van der Waals surface area contributed by atoms with Gasteiger partial charge in [-0.1, -0.05) is 165 Å². The van der Waals surface area contributed by atoms with Crippen molar-refractivity contribution in [3.63, 3.8) is 0 Å². The first-order chi connectivity index (χ1) is 24.9. The second kappa shape index (κ2) is 11.2. The van der Waals surface area contributed by atoms with Crippen LogP contribution in [0.15, 0.2) is 168 Å². The molecular weight excluding hydrogens is 649 g/mol. The second-order valence-corrected chi connectivity index (χ2v) is 20.2. The molecule has 0 aromatic heterocycles. The number of fused-ring (bicyclic) bond motifs is 7. The van der Waals surface area contributed by atoms with Crippen LogP contribution in [0.4, 0.5) is 17.1 Å². The zero-order valence-electron chi connectivity index (χ0n) is 29.4. The quantitative estimate of drug-likeness (QED) is 0.178. The van der Waals surface area contributed by atoms with Gasteiger partial charge in [0, 0.05) is 26.9 Å². The highest BCUT2D eigenvalue weighted by atomic mass is 32.2. The van der Waals surface area contributed by atoms with Gasteiger partial charge in [-0.05, 0) is 96.6 Å². The molecule has 0 amide bonds. The summed E-state index contributed by atoms with van der Waals surface area (Å²) in [5, 5.41) is 5.82. The zero-order chi connectivity index (χ0) is 34.5. The van der Waals surface area contributed by atoms with Gasteiger partial charge in [0.05, 0.1) is 0 Å². The number of benzene rings is 7. The van der Waals surface area contributed by atoms with Crippen molar-refractivity contribution < 1.29 is 0 Å². The molecule has 0 N–H and O–H groups in total. The summed E-state index contributed by atoms with van der Waals surface area (Å²) < 4.78 is 0. The summed E-state index contributed by atoms with van der Waals surface area (Å²) in [4.78, 5) is 5.33. The first-order valence-electron chi connectivity index (χ1n) is 18.1. The fourth-order valence-corrected chi connectivity index (χ4v) is 15.5. The van der Waals surface area contributed by atoms with E-state index < -0.39 is 8.07 Å². The van der Waals surface area contributed by atoms with E-state index in [0.717, 1.165) is 0 Å². The van der Waals surface area contributed by atoms with Gasteiger partial charge in [-0.25, -0.2) is 0 Å². The Balaban J connectivity index is 1.36. The summed E-state index contributed by atoms with van der Waals surface area (Å²) in [5.41, 5.74) is 13.6. The zero-order valence-corrected chi connectivity index (χ0v) is 31.3. The number of aryl methyl sites for hydroxylation is 1. The molecule has 4 heteroatoms. The van der Waals surface area contributed by atoms with Gasteiger partial charge in [-0.2, -0.15) is 0 Å². The van der Waals surface area contributed by atoms with Crippen LogP contribution in [-0.2, 0) is 5.41 Å². The molecule has 0 spiro atoms. The maximum atomic E-state index is 2.63.